The van der Waals surface area contributed by atoms with Crippen molar-refractivity contribution in [1.82, 2.24) is 15.1 Å². The summed E-state index contributed by atoms with van der Waals surface area (Å²) < 4.78 is 5.27. The van der Waals surface area contributed by atoms with E-state index in [2.05, 4.69) is 12.2 Å². The number of hydrogen-bond acceptors (Lipinski definition) is 4. The zero-order valence-corrected chi connectivity index (χ0v) is 12.2. The minimum atomic E-state index is -0.210. The second-order valence-corrected chi connectivity index (χ2v) is 5.89. The standard InChI is InChI=1S/C15H21N3O3/c1-11-8-17(5-4-16-11)15(20)12-7-14(19)18(9-12)10-13-3-2-6-21-13/h2-3,6,11-12,16H,4-5,7-10H2,1H3/t11-,12?/m1/s1. The van der Waals surface area contributed by atoms with Crippen molar-refractivity contribution >= 4 is 11.8 Å². The van der Waals surface area contributed by atoms with Crippen LogP contribution >= 0.6 is 0 Å². The van der Waals surface area contributed by atoms with Crippen LogP contribution in [0, 0.1) is 5.92 Å². The van der Waals surface area contributed by atoms with Gasteiger partial charge in [0.2, 0.25) is 11.8 Å². The highest BCUT2D eigenvalue weighted by atomic mass is 16.3. The third kappa shape index (κ3) is 3.10. The summed E-state index contributed by atoms with van der Waals surface area (Å²) in [7, 11) is 0. The molecule has 2 saturated heterocycles. The van der Waals surface area contributed by atoms with Crippen LogP contribution in [-0.2, 0) is 16.1 Å². The van der Waals surface area contributed by atoms with Gasteiger partial charge in [0.1, 0.15) is 5.76 Å². The Hall–Kier alpha value is -1.82. The Kier molecular flexibility index (Phi) is 3.96. The minimum absolute atomic E-state index is 0.0351. The fraction of sp³-hybridized carbons (Fsp3) is 0.600. The van der Waals surface area contributed by atoms with E-state index >= 15 is 0 Å². The number of furan rings is 1. The number of amides is 2. The first kappa shape index (κ1) is 14.1. The second kappa shape index (κ2) is 5.89. The fourth-order valence-corrected chi connectivity index (χ4v) is 3.07. The molecule has 1 N–H and O–H groups in total. The van der Waals surface area contributed by atoms with Crippen molar-refractivity contribution in [3.63, 3.8) is 0 Å². The van der Waals surface area contributed by atoms with E-state index in [1.54, 1.807) is 17.2 Å². The van der Waals surface area contributed by atoms with Crippen LogP contribution in [0.15, 0.2) is 22.8 Å². The molecule has 0 aliphatic carbocycles. The van der Waals surface area contributed by atoms with Gasteiger partial charge >= 0.3 is 0 Å². The molecule has 2 atom stereocenters. The summed E-state index contributed by atoms with van der Waals surface area (Å²) in [5.74, 6) is 0.691. The molecule has 21 heavy (non-hydrogen) atoms. The zero-order valence-electron chi connectivity index (χ0n) is 12.2. The van der Waals surface area contributed by atoms with Crippen molar-refractivity contribution in [2.75, 3.05) is 26.2 Å². The molecule has 0 saturated carbocycles. The fourth-order valence-electron chi connectivity index (χ4n) is 3.07. The van der Waals surface area contributed by atoms with Crippen LogP contribution in [0.4, 0.5) is 0 Å². The Morgan fingerprint density at radius 3 is 3.05 bits per heavy atom. The van der Waals surface area contributed by atoms with E-state index in [0.717, 1.165) is 25.4 Å². The Bertz CT molecular complexity index is 514. The summed E-state index contributed by atoms with van der Waals surface area (Å²) in [6, 6.07) is 3.97. The molecule has 0 radical (unpaired) electrons. The lowest BCUT2D eigenvalue weighted by atomic mass is 10.1. The Morgan fingerprint density at radius 2 is 2.33 bits per heavy atom. The first-order chi connectivity index (χ1) is 10.1. The van der Waals surface area contributed by atoms with Gasteiger partial charge in [-0.2, -0.15) is 0 Å². The number of carbonyl (C=O) groups is 2. The largest absolute Gasteiger partial charge is 0.467 e. The van der Waals surface area contributed by atoms with E-state index in [1.165, 1.54) is 0 Å². The van der Waals surface area contributed by atoms with E-state index in [-0.39, 0.29) is 17.7 Å². The predicted molar refractivity (Wildman–Crippen MR) is 76.3 cm³/mol. The van der Waals surface area contributed by atoms with Crippen LogP contribution in [0.2, 0.25) is 0 Å². The van der Waals surface area contributed by atoms with Crippen LogP contribution in [0.5, 0.6) is 0 Å². The van der Waals surface area contributed by atoms with Crippen molar-refractivity contribution in [2.24, 2.45) is 5.92 Å². The number of likely N-dealkylation sites (tertiary alicyclic amines) is 1. The third-order valence-corrected chi connectivity index (χ3v) is 4.17. The van der Waals surface area contributed by atoms with Gasteiger partial charge in [-0.25, -0.2) is 0 Å². The minimum Gasteiger partial charge on any atom is -0.467 e. The molecule has 2 aliphatic heterocycles. The lowest BCUT2D eigenvalue weighted by molar-refractivity contribution is -0.136. The van der Waals surface area contributed by atoms with Gasteiger partial charge in [0.15, 0.2) is 0 Å². The average Bonchev–Trinajstić information content (AvgIpc) is 3.09. The Labute approximate surface area is 124 Å². The van der Waals surface area contributed by atoms with E-state index in [0.29, 0.717) is 25.6 Å². The van der Waals surface area contributed by atoms with Crippen LogP contribution in [0.25, 0.3) is 0 Å². The molecular weight excluding hydrogens is 270 g/mol. The summed E-state index contributed by atoms with van der Waals surface area (Å²) >= 11 is 0. The number of nitrogens with zero attached hydrogens (tertiary/aromatic N) is 2. The van der Waals surface area contributed by atoms with Crippen LogP contribution in [-0.4, -0.2) is 53.8 Å². The number of hydrogen-bond donors (Lipinski definition) is 1. The summed E-state index contributed by atoms with van der Waals surface area (Å²) in [6.07, 6.45) is 1.92. The summed E-state index contributed by atoms with van der Waals surface area (Å²) in [6.45, 7) is 5.30. The molecule has 6 nitrogen and oxygen atoms in total. The molecule has 2 aliphatic rings. The molecule has 0 spiro atoms. The van der Waals surface area contributed by atoms with Crippen molar-refractivity contribution in [1.29, 1.82) is 0 Å². The first-order valence-electron chi connectivity index (χ1n) is 7.46. The molecule has 1 unspecified atom stereocenters. The smallest absolute Gasteiger partial charge is 0.228 e. The van der Waals surface area contributed by atoms with Gasteiger partial charge in [0.25, 0.3) is 0 Å². The topological polar surface area (TPSA) is 65.8 Å². The summed E-state index contributed by atoms with van der Waals surface area (Å²) in [5, 5.41) is 3.32. The zero-order chi connectivity index (χ0) is 14.8. The van der Waals surface area contributed by atoms with Gasteiger partial charge in [-0.15, -0.1) is 0 Å². The molecule has 6 heteroatoms. The normalized spacial score (nSPS) is 26.4. The molecular formula is C15H21N3O3. The van der Waals surface area contributed by atoms with E-state index < -0.39 is 0 Å². The molecule has 1 aromatic heterocycles. The van der Waals surface area contributed by atoms with Crippen molar-refractivity contribution in [3.8, 4) is 0 Å². The molecule has 3 heterocycles. The summed E-state index contributed by atoms with van der Waals surface area (Å²) in [5.41, 5.74) is 0. The van der Waals surface area contributed by atoms with Crippen LogP contribution in [0.3, 0.4) is 0 Å². The van der Waals surface area contributed by atoms with Crippen molar-refractivity contribution in [2.45, 2.75) is 25.9 Å². The van der Waals surface area contributed by atoms with Gasteiger partial charge in [-0.05, 0) is 19.1 Å². The SMILES string of the molecule is C[C@@H]1CN(C(=O)C2CC(=O)N(Cc3ccco3)C2)CCN1. The maximum Gasteiger partial charge on any atom is 0.228 e. The lowest BCUT2D eigenvalue weighted by Gasteiger charge is -2.33. The van der Waals surface area contributed by atoms with Gasteiger partial charge in [0.05, 0.1) is 18.7 Å². The molecule has 0 bridgehead atoms. The average molecular weight is 291 g/mol. The van der Waals surface area contributed by atoms with Gasteiger partial charge in [0, 0.05) is 38.6 Å². The monoisotopic (exact) mass is 291 g/mol. The highest BCUT2D eigenvalue weighted by Crippen LogP contribution is 2.22. The van der Waals surface area contributed by atoms with E-state index in [9.17, 15) is 9.59 Å². The van der Waals surface area contributed by atoms with Crippen molar-refractivity contribution < 1.29 is 14.0 Å². The molecule has 2 fully saturated rings. The second-order valence-electron chi connectivity index (χ2n) is 5.89. The lowest BCUT2D eigenvalue weighted by Crippen LogP contribution is -2.53. The van der Waals surface area contributed by atoms with E-state index in [4.69, 9.17) is 4.42 Å². The van der Waals surface area contributed by atoms with Gasteiger partial charge in [-0.1, -0.05) is 0 Å². The number of nitrogens with one attached hydrogen (secondary N) is 1. The maximum atomic E-state index is 12.5. The highest BCUT2D eigenvalue weighted by Gasteiger charge is 2.37. The third-order valence-electron chi connectivity index (χ3n) is 4.17. The predicted octanol–water partition coefficient (Wildman–Crippen LogP) is 0.448. The summed E-state index contributed by atoms with van der Waals surface area (Å²) in [4.78, 5) is 28.2. The number of piperazine rings is 1. The van der Waals surface area contributed by atoms with E-state index in [1.807, 2.05) is 11.0 Å². The van der Waals surface area contributed by atoms with Crippen molar-refractivity contribution in [3.05, 3.63) is 24.2 Å². The molecule has 1 aromatic rings. The maximum absolute atomic E-state index is 12.5. The quantitative estimate of drug-likeness (QED) is 0.878. The molecule has 3 rings (SSSR count). The van der Waals surface area contributed by atoms with Gasteiger partial charge < -0.3 is 19.5 Å². The molecule has 2 amide bonds. The Balaban J connectivity index is 1.59. The van der Waals surface area contributed by atoms with Crippen LogP contribution < -0.4 is 5.32 Å². The highest BCUT2D eigenvalue weighted by molar-refractivity contribution is 5.89. The Morgan fingerprint density at radius 1 is 1.48 bits per heavy atom. The molecule has 114 valence electrons. The molecule has 0 aromatic carbocycles. The van der Waals surface area contributed by atoms with Gasteiger partial charge in [-0.3, -0.25) is 9.59 Å². The first-order valence-corrected chi connectivity index (χ1v) is 7.46. The number of rotatable bonds is 3. The van der Waals surface area contributed by atoms with Crippen LogP contribution in [0.1, 0.15) is 19.1 Å². The number of carbonyl (C=O) groups excluding carboxylic acids is 2.